The van der Waals surface area contributed by atoms with Crippen LogP contribution in [0.2, 0.25) is 0 Å². The minimum Gasteiger partial charge on any atom is -0.506 e. The molecule has 0 saturated carbocycles. The van der Waals surface area contributed by atoms with E-state index in [1.807, 2.05) is 26.0 Å². The minimum absolute atomic E-state index is 0.0693. The van der Waals surface area contributed by atoms with E-state index in [2.05, 4.69) is 90.4 Å². The SMILES string of the molecule is CC(C)C(Cc1cc(I)c(Oc2cc(I)c(O)c(I)c2)c(I)c1)C(=O)O. The van der Waals surface area contributed by atoms with Gasteiger partial charge in [-0.3, -0.25) is 4.79 Å². The monoisotopic (exact) mass is 804 g/mol. The molecule has 2 rings (SSSR count). The molecule has 1 atom stereocenters. The van der Waals surface area contributed by atoms with Crippen molar-refractivity contribution in [1.29, 1.82) is 0 Å². The van der Waals surface area contributed by atoms with Gasteiger partial charge in [-0.1, -0.05) is 13.8 Å². The van der Waals surface area contributed by atoms with Crippen molar-refractivity contribution in [3.05, 3.63) is 44.1 Å². The normalized spacial score (nSPS) is 12.3. The van der Waals surface area contributed by atoms with Crippen LogP contribution in [0.4, 0.5) is 0 Å². The highest BCUT2D eigenvalue weighted by molar-refractivity contribution is 14.1. The number of carboxylic acids is 1. The first-order valence-electron chi connectivity index (χ1n) is 7.66. The van der Waals surface area contributed by atoms with Gasteiger partial charge in [0, 0.05) is 0 Å². The van der Waals surface area contributed by atoms with Crippen LogP contribution >= 0.6 is 90.4 Å². The summed E-state index contributed by atoms with van der Waals surface area (Å²) in [4.78, 5) is 11.5. The summed E-state index contributed by atoms with van der Waals surface area (Å²) in [6.45, 7) is 3.86. The highest BCUT2D eigenvalue weighted by Crippen LogP contribution is 2.37. The predicted molar refractivity (Wildman–Crippen MR) is 135 cm³/mol. The van der Waals surface area contributed by atoms with E-state index in [1.165, 1.54) is 0 Å². The second kappa shape index (κ2) is 9.76. The van der Waals surface area contributed by atoms with Gasteiger partial charge < -0.3 is 14.9 Å². The van der Waals surface area contributed by atoms with E-state index >= 15 is 0 Å². The van der Waals surface area contributed by atoms with Gasteiger partial charge in [0.1, 0.15) is 11.5 Å². The van der Waals surface area contributed by atoms with Crippen LogP contribution < -0.4 is 4.74 Å². The van der Waals surface area contributed by atoms with Gasteiger partial charge in [0.2, 0.25) is 0 Å². The van der Waals surface area contributed by atoms with Gasteiger partial charge in [0.25, 0.3) is 0 Å². The zero-order valence-corrected chi connectivity index (χ0v) is 22.5. The Morgan fingerprint density at radius 1 is 1.00 bits per heavy atom. The molecule has 2 aromatic carbocycles. The molecule has 0 heterocycles. The molecule has 140 valence electrons. The van der Waals surface area contributed by atoms with Crippen molar-refractivity contribution in [2.45, 2.75) is 20.3 Å². The molecule has 0 bridgehead atoms. The fourth-order valence-electron chi connectivity index (χ4n) is 2.41. The summed E-state index contributed by atoms with van der Waals surface area (Å²) in [5.74, 6) is 0.549. The number of ether oxygens (including phenoxy) is 1. The summed E-state index contributed by atoms with van der Waals surface area (Å²) in [6, 6.07) is 7.54. The zero-order chi connectivity index (χ0) is 19.6. The molecule has 0 saturated heterocycles. The van der Waals surface area contributed by atoms with Crippen molar-refractivity contribution in [2.75, 3.05) is 0 Å². The van der Waals surface area contributed by atoms with Gasteiger partial charge in [0.05, 0.1) is 20.2 Å². The van der Waals surface area contributed by atoms with Crippen LogP contribution in [0.1, 0.15) is 19.4 Å². The van der Waals surface area contributed by atoms with Gasteiger partial charge in [-0.15, -0.1) is 0 Å². The highest BCUT2D eigenvalue weighted by Gasteiger charge is 2.23. The van der Waals surface area contributed by atoms with E-state index < -0.39 is 11.9 Å². The maximum atomic E-state index is 11.5. The summed E-state index contributed by atoms with van der Waals surface area (Å²) < 4.78 is 9.37. The van der Waals surface area contributed by atoms with Crippen LogP contribution in [0.3, 0.4) is 0 Å². The predicted octanol–water partition coefficient (Wildman–Crippen LogP) is 6.50. The smallest absolute Gasteiger partial charge is 0.307 e. The lowest BCUT2D eigenvalue weighted by molar-refractivity contribution is -0.143. The maximum Gasteiger partial charge on any atom is 0.307 e. The van der Waals surface area contributed by atoms with E-state index in [0.29, 0.717) is 12.2 Å². The molecule has 8 heteroatoms. The van der Waals surface area contributed by atoms with Crippen molar-refractivity contribution in [3.63, 3.8) is 0 Å². The standard InChI is InChI=1S/C18H16I4O4/c1-8(2)11(18(24)25)3-9-4-14(21)17(15(22)5-9)26-10-6-12(19)16(23)13(20)7-10/h4-8,11,23H,3H2,1-2H3,(H,24,25). The molecule has 1 unspecified atom stereocenters. The molecular formula is C18H16I4O4. The van der Waals surface area contributed by atoms with Crippen molar-refractivity contribution >= 4 is 96.3 Å². The molecule has 0 fully saturated rings. The second-order valence-electron chi connectivity index (χ2n) is 6.12. The van der Waals surface area contributed by atoms with Gasteiger partial charge in [-0.2, -0.15) is 0 Å². The van der Waals surface area contributed by atoms with Crippen molar-refractivity contribution in [1.82, 2.24) is 0 Å². The fraction of sp³-hybridized carbons (Fsp3) is 0.278. The Morgan fingerprint density at radius 2 is 1.50 bits per heavy atom. The average molecular weight is 804 g/mol. The number of aromatic hydroxyl groups is 1. The summed E-state index contributed by atoms with van der Waals surface area (Å²) in [5, 5.41) is 19.3. The number of carbonyl (C=O) groups is 1. The summed E-state index contributed by atoms with van der Waals surface area (Å²) in [7, 11) is 0. The first kappa shape index (κ1) is 22.7. The number of carboxylic acid groups (broad SMARTS) is 1. The number of phenolic OH excluding ortho intramolecular Hbond substituents is 1. The van der Waals surface area contributed by atoms with Crippen LogP contribution in [-0.4, -0.2) is 16.2 Å². The Bertz CT molecular complexity index is 790. The molecule has 0 radical (unpaired) electrons. The molecule has 0 spiro atoms. The first-order chi connectivity index (χ1) is 12.1. The average Bonchev–Trinajstić information content (AvgIpc) is 2.53. The van der Waals surface area contributed by atoms with Crippen LogP contribution in [0.15, 0.2) is 24.3 Å². The van der Waals surface area contributed by atoms with Gasteiger partial charge in [0.15, 0.2) is 5.75 Å². The summed E-state index contributed by atoms with van der Waals surface area (Å²) >= 11 is 8.57. The Kier molecular flexibility index (Phi) is 8.53. The zero-order valence-electron chi connectivity index (χ0n) is 13.9. The third-order valence-electron chi connectivity index (χ3n) is 3.85. The molecule has 2 N–H and O–H groups in total. The number of hydrogen-bond acceptors (Lipinski definition) is 3. The maximum absolute atomic E-state index is 11.5. The Labute approximate surface area is 207 Å². The molecule has 0 aliphatic heterocycles. The number of halogens is 4. The number of aliphatic carboxylic acids is 1. The van der Waals surface area contributed by atoms with E-state index in [9.17, 15) is 15.0 Å². The van der Waals surface area contributed by atoms with E-state index in [1.54, 1.807) is 12.1 Å². The van der Waals surface area contributed by atoms with E-state index in [4.69, 9.17) is 4.74 Å². The van der Waals surface area contributed by atoms with Crippen LogP contribution in [0.5, 0.6) is 17.2 Å². The van der Waals surface area contributed by atoms with E-state index in [0.717, 1.165) is 25.6 Å². The highest BCUT2D eigenvalue weighted by atomic mass is 127. The third kappa shape index (κ3) is 5.72. The van der Waals surface area contributed by atoms with Crippen LogP contribution in [0.25, 0.3) is 0 Å². The van der Waals surface area contributed by atoms with Gasteiger partial charge in [-0.05, 0) is 133 Å². The number of benzene rings is 2. The Balaban J connectivity index is 2.31. The van der Waals surface area contributed by atoms with Gasteiger partial charge >= 0.3 is 5.97 Å². The lowest BCUT2D eigenvalue weighted by atomic mass is 9.89. The largest absolute Gasteiger partial charge is 0.506 e. The van der Waals surface area contributed by atoms with Crippen molar-refractivity contribution < 1.29 is 19.7 Å². The Morgan fingerprint density at radius 3 is 1.92 bits per heavy atom. The Hall–Kier alpha value is 0.430. The fourth-order valence-corrected chi connectivity index (χ4v) is 6.24. The van der Waals surface area contributed by atoms with Crippen LogP contribution in [0, 0.1) is 26.1 Å². The number of rotatable bonds is 6. The topological polar surface area (TPSA) is 66.8 Å². The molecule has 4 nitrogen and oxygen atoms in total. The second-order valence-corrected chi connectivity index (χ2v) is 10.8. The third-order valence-corrected chi connectivity index (χ3v) is 7.09. The molecule has 0 aliphatic carbocycles. The number of phenols is 1. The molecule has 0 aromatic heterocycles. The lowest BCUT2D eigenvalue weighted by Crippen LogP contribution is -2.22. The van der Waals surface area contributed by atoms with Crippen LogP contribution in [-0.2, 0) is 11.2 Å². The van der Waals surface area contributed by atoms with E-state index in [-0.39, 0.29) is 11.7 Å². The molecule has 26 heavy (non-hydrogen) atoms. The van der Waals surface area contributed by atoms with Crippen molar-refractivity contribution in [2.24, 2.45) is 11.8 Å². The molecule has 0 aliphatic rings. The molecular weight excluding hydrogens is 788 g/mol. The molecule has 2 aromatic rings. The molecule has 0 amide bonds. The first-order valence-corrected chi connectivity index (χ1v) is 12.0. The van der Waals surface area contributed by atoms with Gasteiger partial charge in [-0.25, -0.2) is 0 Å². The lowest BCUT2D eigenvalue weighted by Gasteiger charge is -2.18. The summed E-state index contributed by atoms with van der Waals surface area (Å²) in [5.41, 5.74) is 0.988. The minimum atomic E-state index is -0.765. The number of hydrogen-bond donors (Lipinski definition) is 2. The summed E-state index contributed by atoms with van der Waals surface area (Å²) in [6.07, 6.45) is 0.494. The quantitative estimate of drug-likeness (QED) is 0.328. The van der Waals surface area contributed by atoms with Crippen molar-refractivity contribution in [3.8, 4) is 17.2 Å².